The first-order valence-corrected chi connectivity index (χ1v) is 9.16. The van der Waals surface area contributed by atoms with E-state index in [0.29, 0.717) is 19.1 Å². The van der Waals surface area contributed by atoms with Crippen LogP contribution in [0.5, 0.6) is 5.75 Å². The first kappa shape index (κ1) is 17.6. The number of ether oxygens (including phenoxy) is 1. The number of hydrogen-bond donors (Lipinski definition) is 2. The molecule has 6 nitrogen and oxygen atoms in total. The van der Waals surface area contributed by atoms with E-state index in [1.165, 1.54) is 12.8 Å². The molecule has 1 atom stereocenters. The van der Waals surface area contributed by atoms with Crippen molar-refractivity contribution < 1.29 is 14.3 Å². The zero-order valence-corrected chi connectivity index (χ0v) is 14.8. The normalized spacial score (nSPS) is 21.0. The SMILES string of the molecule is COc1ccc(NC(=O)N2CCC[C@H](C(=O)NC3CCCC3)C2)cc1. The van der Waals surface area contributed by atoms with Crippen molar-refractivity contribution in [1.29, 1.82) is 0 Å². The number of hydrogen-bond acceptors (Lipinski definition) is 3. The monoisotopic (exact) mass is 345 g/mol. The van der Waals surface area contributed by atoms with Gasteiger partial charge in [0.25, 0.3) is 0 Å². The summed E-state index contributed by atoms with van der Waals surface area (Å²) in [5.74, 6) is 0.754. The maximum absolute atomic E-state index is 12.5. The van der Waals surface area contributed by atoms with E-state index in [9.17, 15) is 9.59 Å². The summed E-state index contributed by atoms with van der Waals surface area (Å²) in [6.07, 6.45) is 6.28. The summed E-state index contributed by atoms with van der Waals surface area (Å²) in [4.78, 5) is 26.7. The number of nitrogens with one attached hydrogen (secondary N) is 2. The molecule has 1 saturated carbocycles. The van der Waals surface area contributed by atoms with Crippen LogP contribution in [0.4, 0.5) is 10.5 Å². The summed E-state index contributed by atoms with van der Waals surface area (Å²) in [7, 11) is 1.61. The molecular formula is C19H27N3O3. The lowest BCUT2D eigenvalue weighted by molar-refractivity contribution is -0.126. The number of anilines is 1. The van der Waals surface area contributed by atoms with E-state index in [2.05, 4.69) is 10.6 Å². The van der Waals surface area contributed by atoms with Gasteiger partial charge in [-0.1, -0.05) is 12.8 Å². The second-order valence-electron chi connectivity index (χ2n) is 6.93. The highest BCUT2D eigenvalue weighted by Gasteiger charge is 2.30. The highest BCUT2D eigenvalue weighted by atomic mass is 16.5. The summed E-state index contributed by atoms with van der Waals surface area (Å²) < 4.78 is 5.12. The average Bonchev–Trinajstić information content (AvgIpc) is 3.15. The predicted molar refractivity (Wildman–Crippen MR) is 96.7 cm³/mol. The van der Waals surface area contributed by atoms with Crippen LogP contribution in [0, 0.1) is 5.92 Å². The van der Waals surface area contributed by atoms with Gasteiger partial charge in [0.2, 0.25) is 5.91 Å². The van der Waals surface area contributed by atoms with Gasteiger partial charge in [-0.3, -0.25) is 4.79 Å². The lowest BCUT2D eigenvalue weighted by atomic mass is 9.97. The molecule has 3 amide bonds. The van der Waals surface area contributed by atoms with Crippen LogP contribution in [0.3, 0.4) is 0 Å². The molecule has 2 fully saturated rings. The number of nitrogens with zero attached hydrogens (tertiary/aromatic N) is 1. The number of methoxy groups -OCH3 is 1. The van der Waals surface area contributed by atoms with Gasteiger partial charge in [-0.15, -0.1) is 0 Å². The van der Waals surface area contributed by atoms with Gasteiger partial charge in [-0.05, 0) is 49.9 Å². The van der Waals surface area contributed by atoms with Gasteiger partial charge in [0.05, 0.1) is 13.0 Å². The largest absolute Gasteiger partial charge is 0.497 e. The van der Waals surface area contributed by atoms with Crippen LogP contribution in [0.2, 0.25) is 0 Å². The molecule has 2 N–H and O–H groups in total. The van der Waals surface area contributed by atoms with Gasteiger partial charge in [-0.25, -0.2) is 4.79 Å². The minimum absolute atomic E-state index is 0.101. The quantitative estimate of drug-likeness (QED) is 0.881. The number of carbonyl (C=O) groups excluding carboxylic acids is 2. The van der Waals surface area contributed by atoms with Gasteiger partial charge in [0.1, 0.15) is 5.75 Å². The highest BCUT2D eigenvalue weighted by molar-refractivity contribution is 5.90. The van der Waals surface area contributed by atoms with E-state index >= 15 is 0 Å². The third-order valence-electron chi connectivity index (χ3n) is 5.12. The molecule has 1 aromatic rings. The Kier molecular flexibility index (Phi) is 5.79. The molecule has 6 heteroatoms. The molecule has 2 aliphatic rings. The number of amides is 3. The van der Waals surface area contributed by atoms with Crippen LogP contribution in [0.25, 0.3) is 0 Å². The lowest BCUT2D eigenvalue weighted by Crippen LogP contribution is -2.48. The minimum atomic E-state index is -0.150. The fourth-order valence-corrected chi connectivity index (χ4v) is 3.64. The molecule has 1 aliphatic heterocycles. The molecule has 0 aromatic heterocycles. The average molecular weight is 345 g/mol. The van der Waals surface area contributed by atoms with Crippen LogP contribution in [0.1, 0.15) is 38.5 Å². The Morgan fingerprint density at radius 3 is 2.48 bits per heavy atom. The van der Waals surface area contributed by atoms with Crippen molar-refractivity contribution in [2.45, 2.75) is 44.6 Å². The van der Waals surface area contributed by atoms with Gasteiger partial charge >= 0.3 is 6.03 Å². The maximum atomic E-state index is 12.5. The summed E-state index contributed by atoms with van der Waals surface area (Å²) in [5, 5.41) is 6.05. The Hall–Kier alpha value is -2.24. The maximum Gasteiger partial charge on any atom is 0.321 e. The van der Waals surface area contributed by atoms with Crippen LogP contribution >= 0.6 is 0 Å². The van der Waals surface area contributed by atoms with Crippen LogP contribution in [0.15, 0.2) is 24.3 Å². The van der Waals surface area contributed by atoms with Gasteiger partial charge in [0.15, 0.2) is 0 Å². The van der Waals surface area contributed by atoms with E-state index in [4.69, 9.17) is 4.74 Å². The number of likely N-dealkylation sites (tertiary alicyclic amines) is 1. The lowest BCUT2D eigenvalue weighted by Gasteiger charge is -2.32. The van der Waals surface area contributed by atoms with E-state index in [0.717, 1.165) is 37.1 Å². The third kappa shape index (κ3) is 4.65. The number of piperidine rings is 1. The van der Waals surface area contributed by atoms with Crippen molar-refractivity contribution in [3.63, 3.8) is 0 Å². The topological polar surface area (TPSA) is 70.7 Å². The first-order chi connectivity index (χ1) is 12.2. The van der Waals surface area contributed by atoms with E-state index in [1.54, 1.807) is 12.0 Å². The number of urea groups is 1. The molecule has 1 aromatic carbocycles. The summed E-state index contributed by atoms with van der Waals surface area (Å²) in [5.41, 5.74) is 0.725. The van der Waals surface area contributed by atoms with Crippen LogP contribution in [-0.2, 0) is 4.79 Å². The van der Waals surface area contributed by atoms with Gasteiger partial charge < -0.3 is 20.3 Å². The summed E-state index contributed by atoms with van der Waals surface area (Å²) >= 11 is 0. The van der Waals surface area contributed by atoms with Crippen molar-refractivity contribution in [1.82, 2.24) is 10.2 Å². The summed E-state index contributed by atoms with van der Waals surface area (Å²) in [6.45, 7) is 1.18. The Morgan fingerprint density at radius 1 is 1.08 bits per heavy atom. The molecule has 25 heavy (non-hydrogen) atoms. The summed E-state index contributed by atoms with van der Waals surface area (Å²) in [6, 6.07) is 7.42. The molecular weight excluding hydrogens is 318 g/mol. The van der Waals surface area contributed by atoms with Crippen molar-refractivity contribution in [2.75, 3.05) is 25.5 Å². The van der Waals surface area contributed by atoms with Crippen LogP contribution < -0.4 is 15.4 Å². The predicted octanol–water partition coefficient (Wildman–Crippen LogP) is 3.00. The molecule has 0 spiro atoms. The molecule has 1 saturated heterocycles. The van der Waals surface area contributed by atoms with Gasteiger partial charge in [0, 0.05) is 24.8 Å². The Bertz CT molecular complexity index is 596. The number of rotatable bonds is 4. The standard InChI is InChI=1S/C19H27N3O3/c1-25-17-10-8-16(9-11-17)21-19(24)22-12-4-5-14(13-22)18(23)20-15-6-2-3-7-15/h8-11,14-15H,2-7,12-13H2,1H3,(H,20,23)(H,21,24)/t14-/m0/s1. The van der Waals surface area contributed by atoms with E-state index in [-0.39, 0.29) is 17.9 Å². The molecule has 1 aliphatic carbocycles. The fourth-order valence-electron chi connectivity index (χ4n) is 3.64. The van der Waals surface area contributed by atoms with Crippen molar-refractivity contribution in [3.8, 4) is 5.75 Å². The molecule has 0 bridgehead atoms. The number of carbonyl (C=O) groups is 2. The first-order valence-electron chi connectivity index (χ1n) is 9.16. The fraction of sp³-hybridized carbons (Fsp3) is 0.579. The molecule has 136 valence electrons. The highest BCUT2D eigenvalue weighted by Crippen LogP contribution is 2.22. The van der Waals surface area contributed by atoms with Gasteiger partial charge in [-0.2, -0.15) is 0 Å². The van der Waals surface area contributed by atoms with Crippen molar-refractivity contribution in [3.05, 3.63) is 24.3 Å². The molecule has 0 unspecified atom stereocenters. The van der Waals surface area contributed by atoms with Crippen LogP contribution in [-0.4, -0.2) is 43.1 Å². The molecule has 1 heterocycles. The second kappa shape index (κ2) is 8.23. The van der Waals surface area contributed by atoms with Crippen molar-refractivity contribution in [2.24, 2.45) is 5.92 Å². The Morgan fingerprint density at radius 2 is 1.80 bits per heavy atom. The van der Waals surface area contributed by atoms with E-state index < -0.39 is 0 Å². The Labute approximate surface area is 148 Å². The zero-order chi connectivity index (χ0) is 17.6. The minimum Gasteiger partial charge on any atom is -0.497 e. The molecule has 3 rings (SSSR count). The van der Waals surface area contributed by atoms with E-state index in [1.807, 2.05) is 24.3 Å². The number of benzene rings is 1. The Balaban J connectivity index is 1.52. The second-order valence-corrected chi connectivity index (χ2v) is 6.93. The third-order valence-corrected chi connectivity index (χ3v) is 5.12. The van der Waals surface area contributed by atoms with Crippen molar-refractivity contribution >= 4 is 17.6 Å². The zero-order valence-electron chi connectivity index (χ0n) is 14.8. The molecule has 0 radical (unpaired) electrons. The smallest absolute Gasteiger partial charge is 0.321 e.